The van der Waals surface area contributed by atoms with Gasteiger partial charge in [-0.1, -0.05) is 35.0 Å². The third-order valence-corrected chi connectivity index (χ3v) is 4.24. The van der Waals surface area contributed by atoms with Gasteiger partial charge in [-0.15, -0.1) is 11.3 Å². The van der Waals surface area contributed by atoms with E-state index >= 15 is 0 Å². The Morgan fingerprint density at radius 1 is 1.24 bits per heavy atom. The van der Waals surface area contributed by atoms with Crippen molar-refractivity contribution >= 4 is 27.3 Å². The minimum atomic E-state index is 0.951. The Morgan fingerprint density at radius 3 is 2.59 bits per heavy atom. The fourth-order valence-electron chi connectivity index (χ4n) is 1.90. The first-order valence-corrected chi connectivity index (χ1v) is 7.43. The van der Waals surface area contributed by atoms with Gasteiger partial charge in [0, 0.05) is 15.9 Å². The van der Waals surface area contributed by atoms with Crippen LogP contribution in [0.15, 0.2) is 34.1 Å². The molecule has 0 aliphatic carbocycles. The molecule has 0 saturated carbocycles. The molecule has 0 saturated heterocycles. The van der Waals surface area contributed by atoms with Crippen LogP contribution in [-0.2, 0) is 6.54 Å². The van der Waals surface area contributed by atoms with Gasteiger partial charge in [-0.2, -0.15) is 0 Å². The molecule has 0 aliphatic rings. The number of rotatable bonds is 4. The summed E-state index contributed by atoms with van der Waals surface area (Å²) in [6.45, 7) is 6.29. The highest BCUT2D eigenvalue weighted by Gasteiger charge is 2.10. The van der Waals surface area contributed by atoms with Crippen LogP contribution in [0.25, 0.3) is 11.1 Å². The summed E-state index contributed by atoms with van der Waals surface area (Å²) < 4.78 is 1.13. The van der Waals surface area contributed by atoms with Crippen LogP contribution < -0.4 is 5.32 Å². The van der Waals surface area contributed by atoms with Crippen molar-refractivity contribution in [1.29, 1.82) is 0 Å². The smallest absolute Gasteiger partial charge is 0.0219 e. The lowest BCUT2D eigenvalue weighted by Crippen LogP contribution is -2.11. The quantitative estimate of drug-likeness (QED) is 0.870. The summed E-state index contributed by atoms with van der Waals surface area (Å²) in [5.41, 5.74) is 4.10. The normalized spacial score (nSPS) is 10.8. The third kappa shape index (κ3) is 2.97. The fourth-order valence-corrected chi connectivity index (χ4v) is 3.05. The van der Waals surface area contributed by atoms with Crippen LogP contribution in [0.5, 0.6) is 0 Å². The highest BCUT2D eigenvalue weighted by atomic mass is 79.9. The van der Waals surface area contributed by atoms with Crippen LogP contribution in [0.4, 0.5) is 0 Å². The maximum atomic E-state index is 3.48. The van der Waals surface area contributed by atoms with E-state index in [1.165, 1.54) is 21.6 Å². The van der Waals surface area contributed by atoms with Crippen LogP contribution in [0.2, 0.25) is 0 Å². The lowest BCUT2D eigenvalue weighted by atomic mass is 10.0. The molecule has 0 spiro atoms. The van der Waals surface area contributed by atoms with E-state index < -0.39 is 0 Å². The van der Waals surface area contributed by atoms with E-state index in [1.54, 1.807) is 0 Å². The van der Waals surface area contributed by atoms with Gasteiger partial charge in [0.2, 0.25) is 0 Å². The Balaban J connectivity index is 2.36. The Hall–Kier alpha value is -0.640. The molecule has 1 heterocycles. The number of thiophene rings is 1. The first kappa shape index (κ1) is 12.8. The molecule has 2 rings (SSSR count). The predicted molar refractivity (Wildman–Crippen MR) is 79.6 cm³/mol. The molecular formula is C14H16BrNS. The summed E-state index contributed by atoms with van der Waals surface area (Å²) in [6.07, 6.45) is 0. The van der Waals surface area contributed by atoms with Crippen molar-refractivity contribution in [3.63, 3.8) is 0 Å². The summed E-state index contributed by atoms with van der Waals surface area (Å²) in [5, 5.41) is 5.66. The van der Waals surface area contributed by atoms with E-state index in [0.29, 0.717) is 0 Å². The zero-order valence-corrected chi connectivity index (χ0v) is 12.5. The van der Waals surface area contributed by atoms with Gasteiger partial charge in [0.25, 0.3) is 0 Å². The van der Waals surface area contributed by atoms with Crippen molar-refractivity contribution in [3.8, 4) is 11.1 Å². The van der Waals surface area contributed by atoms with Crippen molar-refractivity contribution < 1.29 is 0 Å². The molecule has 0 fully saturated rings. The predicted octanol–water partition coefficient (Wildman–Crippen LogP) is 4.60. The Bertz CT molecular complexity index is 487. The van der Waals surface area contributed by atoms with E-state index in [4.69, 9.17) is 0 Å². The maximum absolute atomic E-state index is 3.48. The summed E-state index contributed by atoms with van der Waals surface area (Å²) in [5.74, 6) is 0. The third-order valence-electron chi connectivity index (χ3n) is 2.75. The molecule has 0 atom stereocenters. The van der Waals surface area contributed by atoms with Crippen molar-refractivity contribution in [2.75, 3.05) is 6.54 Å². The molecule has 1 nitrogen and oxygen atoms in total. The molecule has 0 amide bonds. The summed E-state index contributed by atoms with van der Waals surface area (Å²) in [7, 11) is 0. The topological polar surface area (TPSA) is 12.0 Å². The van der Waals surface area contributed by atoms with Crippen molar-refractivity contribution in [3.05, 3.63) is 44.6 Å². The fraction of sp³-hybridized carbons (Fsp3) is 0.286. The second kappa shape index (κ2) is 5.80. The average Bonchev–Trinajstić information content (AvgIpc) is 2.69. The van der Waals surface area contributed by atoms with Crippen LogP contribution in [0.1, 0.15) is 17.4 Å². The Labute approximate surface area is 115 Å². The van der Waals surface area contributed by atoms with E-state index in [-0.39, 0.29) is 0 Å². The SMILES string of the molecule is CCNCc1csc(C)c1-c1ccc(Br)cc1. The standard InChI is InChI=1S/C14H16BrNS/c1-3-16-8-12-9-17-10(2)14(12)11-4-6-13(15)7-5-11/h4-7,9,16H,3,8H2,1-2H3. The number of benzene rings is 1. The maximum Gasteiger partial charge on any atom is 0.0219 e. The number of hydrogen-bond acceptors (Lipinski definition) is 2. The first-order valence-electron chi connectivity index (χ1n) is 5.76. The molecule has 3 heteroatoms. The summed E-state index contributed by atoms with van der Waals surface area (Å²) in [4.78, 5) is 1.39. The van der Waals surface area contributed by atoms with E-state index in [1.807, 2.05) is 11.3 Å². The largest absolute Gasteiger partial charge is 0.313 e. The van der Waals surface area contributed by atoms with Gasteiger partial charge in [-0.25, -0.2) is 0 Å². The number of nitrogens with one attached hydrogen (secondary N) is 1. The van der Waals surface area contributed by atoms with Crippen LogP contribution in [0.3, 0.4) is 0 Å². The number of halogens is 1. The Morgan fingerprint density at radius 2 is 1.94 bits per heavy atom. The van der Waals surface area contributed by atoms with Crippen LogP contribution in [0, 0.1) is 6.92 Å². The van der Waals surface area contributed by atoms with E-state index in [9.17, 15) is 0 Å². The number of hydrogen-bond donors (Lipinski definition) is 1. The molecule has 90 valence electrons. The molecule has 1 N–H and O–H groups in total. The minimum absolute atomic E-state index is 0.951. The monoisotopic (exact) mass is 309 g/mol. The summed E-state index contributed by atoms with van der Waals surface area (Å²) in [6, 6.07) is 8.55. The minimum Gasteiger partial charge on any atom is -0.313 e. The number of aryl methyl sites for hydroxylation is 1. The van der Waals surface area contributed by atoms with Gasteiger partial charge < -0.3 is 5.32 Å². The zero-order chi connectivity index (χ0) is 12.3. The first-order chi connectivity index (χ1) is 8.22. The van der Waals surface area contributed by atoms with Crippen LogP contribution in [-0.4, -0.2) is 6.54 Å². The lowest BCUT2D eigenvalue weighted by Gasteiger charge is -2.07. The second-order valence-electron chi connectivity index (χ2n) is 3.98. The van der Waals surface area contributed by atoms with Crippen molar-refractivity contribution in [2.24, 2.45) is 0 Å². The van der Waals surface area contributed by atoms with Gasteiger partial charge in [-0.05, 0) is 47.7 Å². The highest BCUT2D eigenvalue weighted by molar-refractivity contribution is 9.10. The van der Waals surface area contributed by atoms with Gasteiger partial charge in [0.15, 0.2) is 0 Å². The molecule has 17 heavy (non-hydrogen) atoms. The van der Waals surface area contributed by atoms with E-state index in [2.05, 4.69) is 64.7 Å². The Kier molecular flexibility index (Phi) is 4.37. The second-order valence-corrected chi connectivity index (χ2v) is 5.98. The highest BCUT2D eigenvalue weighted by Crippen LogP contribution is 2.32. The zero-order valence-electron chi connectivity index (χ0n) is 10.1. The van der Waals surface area contributed by atoms with Crippen molar-refractivity contribution in [1.82, 2.24) is 5.32 Å². The van der Waals surface area contributed by atoms with Crippen LogP contribution >= 0.6 is 27.3 Å². The molecule has 0 bridgehead atoms. The molecule has 1 aromatic carbocycles. The molecule has 2 aromatic rings. The molecule has 0 radical (unpaired) electrons. The van der Waals surface area contributed by atoms with Gasteiger partial charge in [0.1, 0.15) is 0 Å². The average molecular weight is 310 g/mol. The summed E-state index contributed by atoms with van der Waals surface area (Å²) >= 11 is 5.31. The van der Waals surface area contributed by atoms with Gasteiger partial charge in [-0.3, -0.25) is 0 Å². The molecule has 1 aromatic heterocycles. The van der Waals surface area contributed by atoms with Crippen molar-refractivity contribution in [2.45, 2.75) is 20.4 Å². The molecular weight excluding hydrogens is 294 g/mol. The molecule has 0 unspecified atom stereocenters. The van der Waals surface area contributed by atoms with E-state index in [0.717, 1.165) is 17.6 Å². The van der Waals surface area contributed by atoms with Gasteiger partial charge in [0.05, 0.1) is 0 Å². The lowest BCUT2D eigenvalue weighted by molar-refractivity contribution is 0.729. The molecule has 0 aliphatic heterocycles. The van der Waals surface area contributed by atoms with Gasteiger partial charge >= 0.3 is 0 Å².